The molecular weight excluding hydrogens is 287 g/mol. The van der Waals surface area contributed by atoms with Gasteiger partial charge in [-0.05, 0) is 55.4 Å². The topological polar surface area (TPSA) is 33.3 Å². The van der Waals surface area contributed by atoms with Crippen molar-refractivity contribution in [3.05, 3.63) is 53.3 Å². The molecule has 5 heteroatoms. The lowest BCUT2D eigenvalue weighted by molar-refractivity contribution is 0.415. The van der Waals surface area contributed by atoms with Gasteiger partial charge in [-0.1, -0.05) is 12.1 Å². The Balaban J connectivity index is 2.13. The van der Waals surface area contributed by atoms with Crippen molar-refractivity contribution in [3.63, 3.8) is 0 Å². The van der Waals surface area contributed by atoms with E-state index in [1.165, 1.54) is 6.07 Å². The number of nitrogens with one attached hydrogen (secondary N) is 2. The highest BCUT2D eigenvalue weighted by Crippen LogP contribution is 2.22. The van der Waals surface area contributed by atoms with E-state index in [-0.39, 0.29) is 5.82 Å². The molecule has 3 nitrogen and oxygen atoms in total. The molecule has 0 aliphatic heterocycles. The molecule has 0 bridgehead atoms. The number of thiocarbonyl (C=S) groups is 1. The maximum absolute atomic E-state index is 13.7. The fourth-order valence-electron chi connectivity index (χ4n) is 1.87. The monoisotopic (exact) mass is 304 g/mol. The number of halogens is 1. The molecule has 0 aliphatic carbocycles. The quantitative estimate of drug-likeness (QED) is 0.830. The summed E-state index contributed by atoms with van der Waals surface area (Å²) >= 11 is 5.23. The molecule has 2 N–H and O–H groups in total. The van der Waals surface area contributed by atoms with Gasteiger partial charge in [0.25, 0.3) is 0 Å². The second-order valence-corrected chi connectivity index (χ2v) is 5.15. The Labute approximate surface area is 129 Å². The van der Waals surface area contributed by atoms with Crippen LogP contribution in [0.3, 0.4) is 0 Å². The van der Waals surface area contributed by atoms with Gasteiger partial charge in [0, 0.05) is 11.8 Å². The summed E-state index contributed by atoms with van der Waals surface area (Å²) in [5, 5.41) is 6.25. The Kier molecular flexibility index (Phi) is 4.75. The average Bonchev–Trinajstić information content (AvgIpc) is 2.45. The largest absolute Gasteiger partial charge is 0.497 e. The third-order valence-electron chi connectivity index (χ3n) is 3.06. The van der Waals surface area contributed by atoms with E-state index in [0.29, 0.717) is 10.8 Å². The van der Waals surface area contributed by atoms with Crippen LogP contribution in [0.4, 0.5) is 15.8 Å². The van der Waals surface area contributed by atoms with Crippen molar-refractivity contribution in [2.75, 3.05) is 17.7 Å². The van der Waals surface area contributed by atoms with Crippen LogP contribution in [0.5, 0.6) is 5.75 Å². The third kappa shape index (κ3) is 3.92. The molecule has 0 spiro atoms. The summed E-state index contributed by atoms with van der Waals surface area (Å²) in [7, 11) is 1.60. The minimum Gasteiger partial charge on any atom is -0.497 e. The van der Waals surface area contributed by atoms with E-state index in [0.717, 1.165) is 22.6 Å². The van der Waals surface area contributed by atoms with Crippen LogP contribution in [0.25, 0.3) is 0 Å². The van der Waals surface area contributed by atoms with E-state index in [2.05, 4.69) is 10.6 Å². The van der Waals surface area contributed by atoms with Gasteiger partial charge in [-0.15, -0.1) is 0 Å². The normalized spacial score (nSPS) is 10.1. The van der Waals surface area contributed by atoms with E-state index in [9.17, 15) is 4.39 Å². The number of benzene rings is 2. The Morgan fingerprint density at radius 2 is 1.76 bits per heavy atom. The molecule has 21 heavy (non-hydrogen) atoms. The molecule has 2 aromatic carbocycles. The van der Waals surface area contributed by atoms with Crippen molar-refractivity contribution in [1.29, 1.82) is 0 Å². The molecule has 2 aromatic rings. The Hall–Kier alpha value is -2.14. The smallest absolute Gasteiger partial charge is 0.175 e. The second-order valence-electron chi connectivity index (χ2n) is 4.74. The molecule has 0 aromatic heterocycles. The molecule has 0 unspecified atom stereocenters. The number of rotatable bonds is 3. The SMILES string of the molecule is COc1ccc(C)c(NC(=S)Nc2cc(C)ccc2F)c1. The Morgan fingerprint density at radius 3 is 2.48 bits per heavy atom. The van der Waals surface area contributed by atoms with Crippen molar-refractivity contribution in [2.24, 2.45) is 0 Å². The summed E-state index contributed by atoms with van der Waals surface area (Å²) in [5.74, 6) is 0.389. The lowest BCUT2D eigenvalue weighted by atomic mass is 10.2. The Bertz CT molecular complexity index is 673. The van der Waals surface area contributed by atoms with E-state index >= 15 is 0 Å². The zero-order valence-corrected chi connectivity index (χ0v) is 13.0. The number of aryl methyl sites for hydroxylation is 2. The van der Waals surface area contributed by atoms with Gasteiger partial charge in [0.05, 0.1) is 12.8 Å². The fraction of sp³-hybridized carbons (Fsp3) is 0.188. The number of hydrogen-bond donors (Lipinski definition) is 2. The first kappa shape index (κ1) is 15.3. The molecule has 0 heterocycles. The van der Waals surface area contributed by atoms with Crippen LogP contribution in [0.2, 0.25) is 0 Å². The molecule has 0 saturated heterocycles. The van der Waals surface area contributed by atoms with E-state index in [1.54, 1.807) is 19.2 Å². The minimum absolute atomic E-state index is 0.329. The highest BCUT2D eigenvalue weighted by atomic mass is 32.1. The molecule has 110 valence electrons. The summed E-state index contributed by atoms with van der Waals surface area (Å²) in [6.07, 6.45) is 0. The van der Waals surface area contributed by atoms with Crippen LogP contribution in [-0.2, 0) is 0 Å². The van der Waals surface area contributed by atoms with Crippen molar-refractivity contribution in [2.45, 2.75) is 13.8 Å². The zero-order chi connectivity index (χ0) is 15.4. The first-order chi connectivity index (χ1) is 9.99. The van der Waals surface area contributed by atoms with Crippen LogP contribution in [0, 0.1) is 19.7 Å². The van der Waals surface area contributed by atoms with Gasteiger partial charge in [-0.25, -0.2) is 4.39 Å². The van der Waals surface area contributed by atoms with Gasteiger partial charge >= 0.3 is 0 Å². The Morgan fingerprint density at radius 1 is 1.05 bits per heavy atom. The molecular formula is C16H17FN2OS. The number of anilines is 2. The predicted octanol–water partition coefficient (Wildman–Crippen LogP) is 4.26. The predicted molar refractivity (Wildman–Crippen MR) is 88.7 cm³/mol. The molecule has 0 saturated carbocycles. The molecule has 0 aliphatic rings. The lowest BCUT2D eigenvalue weighted by Gasteiger charge is -2.14. The van der Waals surface area contributed by atoms with Gasteiger partial charge in [0.2, 0.25) is 0 Å². The van der Waals surface area contributed by atoms with Crippen LogP contribution >= 0.6 is 12.2 Å². The van der Waals surface area contributed by atoms with Crippen LogP contribution < -0.4 is 15.4 Å². The number of hydrogen-bond acceptors (Lipinski definition) is 2. The summed E-state index contributed by atoms with van der Waals surface area (Å²) < 4.78 is 18.9. The van der Waals surface area contributed by atoms with Gasteiger partial charge in [-0.2, -0.15) is 0 Å². The van der Waals surface area contributed by atoms with Crippen molar-refractivity contribution in [3.8, 4) is 5.75 Å². The third-order valence-corrected chi connectivity index (χ3v) is 3.27. The summed E-state index contributed by atoms with van der Waals surface area (Å²) in [6, 6.07) is 10.5. The van der Waals surface area contributed by atoms with Crippen molar-refractivity contribution < 1.29 is 9.13 Å². The summed E-state index contributed by atoms with van der Waals surface area (Å²) in [5.41, 5.74) is 3.15. The second kappa shape index (κ2) is 6.54. The highest BCUT2D eigenvalue weighted by Gasteiger charge is 2.07. The summed E-state index contributed by atoms with van der Waals surface area (Å²) in [6.45, 7) is 3.85. The molecule has 0 amide bonds. The zero-order valence-electron chi connectivity index (χ0n) is 12.2. The number of methoxy groups -OCH3 is 1. The van der Waals surface area contributed by atoms with Crippen LogP contribution in [0.15, 0.2) is 36.4 Å². The van der Waals surface area contributed by atoms with Crippen molar-refractivity contribution in [1.82, 2.24) is 0 Å². The van der Waals surface area contributed by atoms with Crippen molar-refractivity contribution >= 4 is 28.7 Å². The number of ether oxygens (including phenoxy) is 1. The van der Waals surface area contributed by atoms with E-state index in [4.69, 9.17) is 17.0 Å². The molecule has 2 rings (SSSR count). The highest BCUT2D eigenvalue weighted by molar-refractivity contribution is 7.80. The van der Waals surface area contributed by atoms with Gasteiger partial charge in [0.1, 0.15) is 11.6 Å². The first-order valence-electron chi connectivity index (χ1n) is 6.48. The maximum atomic E-state index is 13.7. The summed E-state index contributed by atoms with van der Waals surface area (Å²) in [4.78, 5) is 0. The van der Waals surface area contributed by atoms with Gasteiger partial charge in [-0.3, -0.25) is 0 Å². The maximum Gasteiger partial charge on any atom is 0.175 e. The fourth-order valence-corrected chi connectivity index (χ4v) is 2.09. The first-order valence-corrected chi connectivity index (χ1v) is 6.89. The lowest BCUT2D eigenvalue weighted by Crippen LogP contribution is -2.20. The standard InChI is InChI=1S/C16H17FN2OS/c1-10-4-7-13(17)15(8-10)19-16(21)18-14-9-12(20-3)6-5-11(14)2/h4-9H,1-3H3,(H2,18,19,21). The minimum atomic E-state index is -0.341. The van der Waals surface area contributed by atoms with Crippen LogP contribution in [0.1, 0.15) is 11.1 Å². The van der Waals surface area contributed by atoms with E-state index < -0.39 is 0 Å². The average molecular weight is 304 g/mol. The van der Waals surface area contributed by atoms with E-state index in [1.807, 2.05) is 32.0 Å². The molecule has 0 fully saturated rings. The molecule has 0 atom stereocenters. The molecule has 0 radical (unpaired) electrons. The van der Waals surface area contributed by atoms with Gasteiger partial charge < -0.3 is 15.4 Å². The van der Waals surface area contributed by atoms with Crippen LogP contribution in [-0.4, -0.2) is 12.2 Å². The van der Waals surface area contributed by atoms with Gasteiger partial charge in [0.15, 0.2) is 5.11 Å².